The molecule has 17 heavy (non-hydrogen) atoms. The second-order valence-electron chi connectivity index (χ2n) is 4.14. The topological polar surface area (TPSA) is 43.8 Å². The summed E-state index contributed by atoms with van der Waals surface area (Å²) < 4.78 is 1.91. The van der Waals surface area contributed by atoms with Crippen LogP contribution < -0.4 is 5.73 Å². The van der Waals surface area contributed by atoms with E-state index in [0.717, 1.165) is 10.7 Å². The van der Waals surface area contributed by atoms with Crippen LogP contribution in [0.15, 0.2) is 34.2 Å². The summed E-state index contributed by atoms with van der Waals surface area (Å²) in [6.45, 7) is 4.70. The smallest absolute Gasteiger partial charge is 0.0986 e. The monoisotopic (exact) mass is 247 g/mol. The average Bonchev–Trinajstić information content (AvgIpc) is 2.58. The number of hydrogen-bond donors (Lipinski definition) is 1. The highest BCUT2D eigenvalue weighted by atomic mass is 32.2. The molecule has 1 aromatic heterocycles. The summed E-state index contributed by atoms with van der Waals surface area (Å²) in [5, 5.41) is 5.49. The van der Waals surface area contributed by atoms with E-state index in [-0.39, 0.29) is 0 Å². The van der Waals surface area contributed by atoms with Crippen molar-refractivity contribution in [1.82, 2.24) is 9.78 Å². The maximum absolute atomic E-state index is 5.66. The number of nitrogens with zero attached hydrogens (tertiary/aromatic N) is 2. The number of rotatable bonds is 3. The molecular formula is C13H17N3S. The molecule has 0 aliphatic heterocycles. The van der Waals surface area contributed by atoms with E-state index in [1.54, 1.807) is 11.8 Å². The van der Waals surface area contributed by atoms with Crippen molar-refractivity contribution in [2.24, 2.45) is 12.8 Å². The first-order chi connectivity index (χ1) is 8.10. The molecule has 0 unspecified atom stereocenters. The van der Waals surface area contributed by atoms with Crippen molar-refractivity contribution >= 4 is 11.8 Å². The molecule has 0 fully saturated rings. The number of nitrogens with two attached hydrogens (primary N) is 1. The van der Waals surface area contributed by atoms with Crippen molar-refractivity contribution < 1.29 is 0 Å². The van der Waals surface area contributed by atoms with Gasteiger partial charge in [-0.05, 0) is 43.2 Å². The lowest BCUT2D eigenvalue weighted by Crippen LogP contribution is -1.98. The van der Waals surface area contributed by atoms with Crippen LogP contribution in [-0.4, -0.2) is 9.78 Å². The highest BCUT2D eigenvalue weighted by Gasteiger charge is 2.05. The van der Waals surface area contributed by atoms with Crippen LogP contribution >= 0.6 is 11.8 Å². The van der Waals surface area contributed by atoms with E-state index in [1.807, 2.05) is 18.7 Å². The van der Waals surface area contributed by atoms with Crippen LogP contribution in [0.2, 0.25) is 0 Å². The van der Waals surface area contributed by atoms with Gasteiger partial charge >= 0.3 is 0 Å². The fourth-order valence-corrected chi connectivity index (χ4v) is 2.78. The Morgan fingerprint density at radius 2 is 2.06 bits per heavy atom. The van der Waals surface area contributed by atoms with Gasteiger partial charge in [0.15, 0.2) is 0 Å². The maximum Gasteiger partial charge on any atom is 0.0986 e. The van der Waals surface area contributed by atoms with Crippen molar-refractivity contribution in [3.8, 4) is 0 Å². The van der Waals surface area contributed by atoms with Crippen LogP contribution in [0.1, 0.15) is 16.8 Å². The third-order valence-corrected chi connectivity index (χ3v) is 3.80. The van der Waals surface area contributed by atoms with Crippen LogP contribution in [0.3, 0.4) is 0 Å². The van der Waals surface area contributed by atoms with E-state index in [4.69, 9.17) is 5.73 Å². The molecule has 0 aliphatic rings. The summed E-state index contributed by atoms with van der Waals surface area (Å²) in [7, 11) is 1.97. The van der Waals surface area contributed by atoms with Crippen molar-refractivity contribution in [2.45, 2.75) is 30.3 Å². The van der Waals surface area contributed by atoms with Crippen LogP contribution in [0, 0.1) is 13.8 Å². The van der Waals surface area contributed by atoms with Gasteiger partial charge in [0.05, 0.1) is 10.7 Å². The second-order valence-corrected chi connectivity index (χ2v) is 5.24. The van der Waals surface area contributed by atoms with E-state index >= 15 is 0 Å². The van der Waals surface area contributed by atoms with Gasteiger partial charge in [-0.15, -0.1) is 0 Å². The summed E-state index contributed by atoms with van der Waals surface area (Å²) in [4.78, 5) is 1.22. The normalized spacial score (nSPS) is 10.8. The lowest BCUT2D eigenvalue weighted by Gasteiger charge is -2.06. The predicted octanol–water partition coefficient (Wildman–Crippen LogP) is 2.65. The van der Waals surface area contributed by atoms with E-state index in [2.05, 4.69) is 36.3 Å². The van der Waals surface area contributed by atoms with E-state index in [0.29, 0.717) is 6.54 Å². The van der Waals surface area contributed by atoms with Crippen molar-refractivity contribution in [3.63, 3.8) is 0 Å². The first-order valence-corrected chi connectivity index (χ1v) is 6.40. The molecule has 2 aromatic rings. The standard InChI is InChI=1S/C13H17N3S/c1-9-6-12(5-4-11(9)8-14)17-13-7-10(2)15-16(13)3/h4-7H,8,14H2,1-3H3. The summed E-state index contributed by atoms with van der Waals surface area (Å²) in [6, 6.07) is 8.48. The maximum atomic E-state index is 5.66. The van der Waals surface area contributed by atoms with Gasteiger partial charge in [-0.3, -0.25) is 4.68 Å². The molecule has 0 aliphatic carbocycles. The Kier molecular flexibility index (Phi) is 3.54. The molecule has 0 atom stereocenters. The second kappa shape index (κ2) is 4.94. The highest BCUT2D eigenvalue weighted by Crippen LogP contribution is 2.29. The first kappa shape index (κ1) is 12.2. The molecule has 0 saturated heterocycles. The predicted molar refractivity (Wildman–Crippen MR) is 71.1 cm³/mol. The van der Waals surface area contributed by atoms with Gasteiger partial charge in [-0.25, -0.2) is 0 Å². The van der Waals surface area contributed by atoms with Crippen LogP contribution in [0.5, 0.6) is 0 Å². The van der Waals surface area contributed by atoms with E-state index in [9.17, 15) is 0 Å². The number of aromatic nitrogens is 2. The van der Waals surface area contributed by atoms with Crippen LogP contribution in [0.4, 0.5) is 0 Å². The molecule has 3 nitrogen and oxygen atoms in total. The summed E-state index contributed by atoms with van der Waals surface area (Å²) in [5.41, 5.74) is 9.16. The fourth-order valence-electron chi connectivity index (χ4n) is 1.76. The molecule has 0 spiro atoms. The number of aryl methyl sites for hydroxylation is 3. The van der Waals surface area contributed by atoms with E-state index in [1.165, 1.54) is 16.0 Å². The lowest BCUT2D eigenvalue weighted by molar-refractivity contribution is 0.692. The Morgan fingerprint density at radius 3 is 2.59 bits per heavy atom. The van der Waals surface area contributed by atoms with Gasteiger partial charge in [0.25, 0.3) is 0 Å². The molecule has 90 valence electrons. The van der Waals surface area contributed by atoms with Crippen LogP contribution in [0.25, 0.3) is 0 Å². The Bertz CT molecular complexity index is 531. The SMILES string of the molecule is Cc1cc(Sc2ccc(CN)c(C)c2)n(C)n1. The molecule has 1 heterocycles. The Hall–Kier alpha value is -1.26. The molecule has 2 N–H and O–H groups in total. The molecule has 0 saturated carbocycles. The van der Waals surface area contributed by atoms with Crippen molar-refractivity contribution in [1.29, 1.82) is 0 Å². The third kappa shape index (κ3) is 2.70. The molecular weight excluding hydrogens is 230 g/mol. The third-order valence-electron chi connectivity index (χ3n) is 2.72. The Labute approximate surface area is 106 Å². The van der Waals surface area contributed by atoms with Gasteiger partial charge in [0, 0.05) is 18.5 Å². The van der Waals surface area contributed by atoms with E-state index < -0.39 is 0 Å². The summed E-state index contributed by atoms with van der Waals surface area (Å²) in [6.07, 6.45) is 0. The summed E-state index contributed by atoms with van der Waals surface area (Å²) in [5.74, 6) is 0. The largest absolute Gasteiger partial charge is 0.326 e. The zero-order valence-electron chi connectivity index (χ0n) is 10.4. The summed E-state index contributed by atoms with van der Waals surface area (Å²) >= 11 is 1.73. The van der Waals surface area contributed by atoms with Gasteiger partial charge in [-0.1, -0.05) is 17.8 Å². The van der Waals surface area contributed by atoms with Crippen molar-refractivity contribution in [3.05, 3.63) is 41.1 Å². The minimum Gasteiger partial charge on any atom is -0.326 e. The first-order valence-electron chi connectivity index (χ1n) is 5.58. The number of benzene rings is 1. The van der Waals surface area contributed by atoms with Gasteiger partial charge in [-0.2, -0.15) is 5.10 Å². The molecule has 0 amide bonds. The molecule has 1 aromatic carbocycles. The van der Waals surface area contributed by atoms with Crippen molar-refractivity contribution in [2.75, 3.05) is 0 Å². The molecule has 2 rings (SSSR count). The lowest BCUT2D eigenvalue weighted by atomic mass is 10.1. The minimum absolute atomic E-state index is 0.599. The quantitative estimate of drug-likeness (QED) is 0.906. The zero-order valence-corrected chi connectivity index (χ0v) is 11.2. The zero-order chi connectivity index (χ0) is 12.4. The van der Waals surface area contributed by atoms with Crippen LogP contribution in [-0.2, 0) is 13.6 Å². The highest BCUT2D eigenvalue weighted by molar-refractivity contribution is 7.99. The fraction of sp³-hybridized carbons (Fsp3) is 0.308. The number of hydrogen-bond acceptors (Lipinski definition) is 3. The van der Waals surface area contributed by atoms with Gasteiger partial charge < -0.3 is 5.73 Å². The minimum atomic E-state index is 0.599. The van der Waals surface area contributed by atoms with Gasteiger partial charge in [0.1, 0.15) is 0 Å². The Balaban J connectivity index is 2.24. The molecule has 0 bridgehead atoms. The molecule has 4 heteroatoms. The Morgan fingerprint density at radius 1 is 1.29 bits per heavy atom. The molecule has 0 radical (unpaired) electrons. The van der Waals surface area contributed by atoms with Gasteiger partial charge in [0.2, 0.25) is 0 Å². The average molecular weight is 247 g/mol.